The van der Waals surface area contributed by atoms with Gasteiger partial charge in [0.2, 0.25) is 0 Å². The molecule has 92 valence electrons. The molecule has 0 atom stereocenters. The molecule has 0 radical (unpaired) electrons. The number of aromatic carboxylic acids is 1. The van der Waals surface area contributed by atoms with Gasteiger partial charge in [0.05, 0.1) is 11.3 Å². The van der Waals surface area contributed by atoms with Gasteiger partial charge in [0.25, 0.3) is 0 Å². The molecule has 1 fully saturated rings. The normalized spacial score (nSPS) is 16.7. The molecule has 0 aromatic heterocycles. The van der Waals surface area contributed by atoms with E-state index in [2.05, 4.69) is 5.32 Å². The van der Waals surface area contributed by atoms with Crippen molar-refractivity contribution in [1.29, 1.82) is 0 Å². The summed E-state index contributed by atoms with van der Waals surface area (Å²) < 4.78 is 0. The Labute approximate surface area is 101 Å². The highest BCUT2D eigenvalue weighted by Gasteiger charge is 2.16. The van der Waals surface area contributed by atoms with E-state index in [0.717, 1.165) is 12.8 Å². The Balaban J connectivity index is 2.17. The minimum atomic E-state index is -0.914. The zero-order chi connectivity index (χ0) is 12.3. The fraction of sp³-hybridized carbons (Fsp3) is 0.462. The summed E-state index contributed by atoms with van der Waals surface area (Å²) in [5.74, 6) is -0.914. The first-order valence-corrected chi connectivity index (χ1v) is 6.06. The first-order chi connectivity index (χ1) is 8.16. The molecule has 1 aromatic rings. The lowest BCUT2D eigenvalue weighted by atomic mass is 9.95. The maximum absolute atomic E-state index is 11.1. The van der Waals surface area contributed by atoms with Crippen LogP contribution in [0.25, 0.3) is 0 Å². The molecule has 4 heteroatoms. The Hall–Kier alpha value is -1.71. The van der Waals surface area contributed by atoms with E-state index in [1.165, 1.54) is 19.3 Å². The molecule has 0 saturated heterocycles. The van der Waals surface area contributed by atoms with Gasteiger partial charge < -0.3 is 16.2 Å². The van der Waals surface area contributed by atoms with E-state index in [-0.39, 0.29) is 0 Å². The molecule has 4 nitrogen and oxygen atoms in total. The van der Waals surface area contributed by atoms with Gasteiger partial charge in [-0.2, -0.15) is 0 Å². The van der Waals surface area contributed by atoms with Crippen LogP contribution in [0.2, 0.25) is 0 Å². The van der Waals surface area contributed by atoms with E-state index in [4.69, 9.17) is 10.8 Å². The summed E-state index contributed by atoms with van der Waals surface area (Å²) in [4.78, 5) is 11.1. The van der Waals surface area contributed by atoms with Crippen LogP contribution in [0.3, 0.4) is 0 Å². The molecule has 1 aliphatic carbocycles. The van der Waals surface area contributed by atoms with Gasteiger partial charge >= 0.3 is 5.97 Å². The fourth-order valence-corrected chi connectivity index (χ4v) is 2.33. The molecule has 1 aromatic carbocycles. The van der Waals surface area contributed by atoms with Gasteiger partial charge in [-0.05, 0) is 31.0 Å². The van der Waals surface area contributed by atoms with Crippen LogP contribution in [0.4, 0.5) is 11.4 Å². The Kier molecular flexibility index (Phi) is 3.52. The molecular weight excluding hydrogens is 216 g/mol. The third-order valence-corrected chi connectivity index (χ3v) is 3.24. The number of nitrogens with two attached hydrogens (primary N) is 1. The molecule has 0 spiro atoms. The quantitative estimate of drug-likeness (QED) is 0.703. The monoisotopic (exact) mass is 234 g/mol. The zero-order valence-corrected chi connectivity index (χ0v) is 9.78. The van der Waals surface area contributed by atoms with Crippen LogP contribution >= 0.6 is 0 Å². The van der Waals surface area contributed by atoms with E-state index in [1.807, 2.05) is 0 Å². The minimum Gasteiger partial charge on any atom is -0.478 e. The molecular formula is C13H18N2O2. The summed E-state index contributed by atoms with van der Waals surface area (Å²) in [6.07, 6.45) is 5.91. The topological polar surface area (TPSA) is 75.4 Å². The third kappa shape index (κ3) is 2.90. The van der Waals surface area contributed by atoms with Gasteiger partial charge in [0.15, 0.2) is 0 Å². The first-order valence-electron chi connectivity index (χ1n) is 6.06. The molecule has 0 heterocycles. The second-order valence-electron chi connectivity index (χ2n) is 4.59. The van der Waals surface area contributed by atoms with Gasteiger partial charge in [-0.15, -0.1) is 0 Å². The van der Waals surface area contributed by atoms with Crippen LogP contribution in [0, 0.1) is 0 Å². The average molecular weight is 234 g/mol. The lowest BCUT2D eigenvalue weighted by molar-refractivity contribution is 0.0698. The molecule has 0 amide bonds. The molecule has 17 heavy (non-hydrogen) atoms. The molecule has 1 saturated carbocycles. The largest absolute Gasteiger partial charge is 0.478 e. The van der Waals surface area contributed by atoms with Crippen molar-refractivity contribution in [3.63, 3.8) is 0 Å². The van der Waals surface area contributed by atoms with Crippen molar-refractivity contribution in [1.82, 2.24) is 0 Å². The summed E-state index contributed by atoms with van der Waals surface area (Å²) in [5.41, 5.74) is 7.23. The SMILES string of the molecule is Nc1ccc(C(=O)O)c(NC2CCCCC2)c1. The van der Waals surface area contributed by atoms with Crippen LogP contribution in [0.15, 0.2) is 18.2 Å². The second-order valence-corrected chi connectivity index (χ2v) is 4.59. The summed E-state index contributed by atoms with van der Waals surface area (Å²) in [5, 5.41) is 12.4. The van der Waals surface area contributed by atoms with Crippen molar-refractivity contribution in [3.05, 3.63) is 23.8 Å². The fourth-order valence-electron chi connectivity index (χ4n) is 2.33. The maximum atomic E-state index is 11.1. The predicted molar refractivity (Wildman–Crippen MR) is 68.3 cm³/mol. The third-order valence-electron chi connectivity index (χ3n) is 3.24. The standard InChI is InChI=1S/C13H18N2O2/c14-9-6-7-11(13(16)17)12(8-9)15-10-4-2-1-3-5-10/h6-8,10,15H,1-5,14H2,(H,16,17). The Morgan fingerprint density at radius 1 is 1.29 bits per heavy atom. The zero-order valence-electron chi connectivity index (χ0n) is 9.78. The lowest BCUT2D eigenvalue weighted by Crippen LogP contribution is -2.23. The smallest absolute Gasteiger partial charge is 0.337 e. The predicted octanol–water partition coefficient (Wildman–Crippen LogP) is 2.71. The molecule has 0 aliphatic heterocycles. The summed E-state index contributed by atoms with van der Waals surface area (Å²) in [6, 6.07) is 5.26. The van der Waals surface area contributed by atoms with Crippen molar-refractivity contribution >= 4 is 17.3 Å². The Bertz CT molecular complexity index is 412. The van der Waals surface area contributed by atoms with E-state index in [1.54, 1.807) is 18.2 Å². The van der Waals surface area contributed by atoms with Crippen LogP contribution in [-0.4, -0.2) is 17.1 Å². The number of carboxylic acids is 1. The Morgan fingerprint density at radius 2 is 2.00 bits per heavy atom. The number of carboxylic acid groups (broad SMARTS) is 1. The summed E-state index contributed by atoms with van der Waals surface area (Å²) in [6.45, 7) is 0. The first kappa shape index (κ1) is 11.8. The highest BCUT2D eigenvalue weighted by molar-refractivity contribution is 5.95. The van der Waals surface area contributed by atoms with Crippen molar-refractivity contribution in [2.45, 2.75) is 38.1 Å². The van der Waals surface area contributed by atoms with E-state index in [0.29, 0.717) is 23.0 Å². The molecule has 2 rings (SSSR count). The number of hydrogen-bond donors (Lipinski definition) is 3. The van der Waals surface area contributed by atoms with Gasteiger partial charge in [0.1, 0.15) is 0 Å². The van der Waals surface area contributed by atoms with Gasteiger partial charge in [-0.1, -0.05) is 19.3 Å². The highest BCUT2D eigenvalue weighted by atomic mass is 16.4. The molecule has 0 bridgehead atoms. The number of rotatable bonds is 3. The van der Waals surface area contributed by atoms with Crippen molar-refractivity contribution < 1.29 is 9.90 Å². The number of hydrogen-bond acceptors (Lipinski definition) is 3. The van der Waals surface area contributed by atoms with Crippen LogP contribution in [-0.2, 0) is 0 Å². The van der Waals surface area contributed by atoms with Crippen molar-refractivity contribution in [2.75, 3.05) is 11.1 Å². The molecule has 0 unspecified atom stereocenters. The van der Waals surface area contributed by atoms with Crippen LogP contribution in [0.1, 0.15) is 42.5 Å². The van der Waals surface area contributed by atoms with E-state index >= 15 is 0 Å². The number of benzene rings is 1. The van der Waals surface area contributed by atoms with E-state index in [9.17, 15) is 4.79 Å². The van der Waals surface area contributed by atoms with Gasteiger partial charge in [-0.3, -0.25) is 0 Å². The summed E-state index contributed by atoms with van der Waals surface area (Å²) in [7, 11) is 0. The average Bonchev–Trinajstić information content (AvgIpc) is 2.30. The molecule has 1 aliphatic rings. The second kappa shape index (κ2) is 5.08. The number of anilines is 2. The minimum absolute atomic E-state index is 0.296. The van der Waals surface area contributed by atoms with Crippen molar-refractivity contribution in [3.8, 4) is 0 Å². The summed E-state index contributed by atoms with van der Waals surface area (Å²) >= 11 is 0. The highest BCUT2D eigenvalue weighted by Crippen LogP contribution is 2.25. The van der Waals surface area contributed by atoms with E-state index < -0.39 is 5.97 Å². The maximum Gasteiger partial charge on any atom is 0.337 e. The van der Waals surface area contributed by atoms with Gasteiger partial charge in [0, 0.05) is 11.7 Å². The number of carbonyl (C=O) groups is 1. The lowest BCUT2D eigenvalue weighted by Gasteiger charge is -2.24. The van der Waals surface area contributed by atoms with Crippen LogP contribution in [0.5, 0.6) is 0 Å². The Morgan fingerprint density at radius 3 is 2.65 bits per heavy atom. The van der Waals surface area contributed by atoms with Crippen LogP contribution < -0.4 is 11.1 Å². The number of nitrogen functional groups attached to an aromatic ring is 1. The van der Waals surface area contributed by atoms with Crippen molar-refractivity contribution in [2.24, 2.45) is 0 Å². The van der Waals surface area contributed by atoms with Gasteiger partial charge in [-0.25, -0.2) is 4.79 Å². The molecule has 4 N–H and O–H groups in total. The number of nitrogens with one attached hydrogen (secondary N) is 1.